The zero-order chi connectivity index (χ0) is 17.3. The van der Waals surface area contributed by atoms with Gasteiger partial charge < -0.3 is 5.11 Å². The number of hydrogen-bond acceptors (Lipinski definition) is 2. The van der Waals surface area contributed by atoms with Gasteiger partial charge in [0.25, 0.3) is 0 Å². The molecule has 0 bridgehead atoms. The summed E-state index contributed by atoms with van der Waals surface area (Å²) >= 11 is 0. The van der Waals surface area contributed by atoms with Crippen molar-refractivity contribution in [3.63, 3.8) is 0 Å². The molecule has 0 aromatic heterocycles. The van der Waals surface area contributed by atoms with Crippen LogP contribution in [0.4, 0.5) is 0 Å². The van der Waals surface area contributed by atoms with Gasteiger partial charge in [-0.15, -0.1) is 0 Å². The predicted octanol–water partition coefficient (Wildman–Crippen LogP) is 4.81. The fourth-order valence-electron chi connectivity index (χ4n) is 3.27. The summed E-state index contributed by atoms with van der Waals surface area (Å²) < 4.78 is 0. The molecule has 0 radical (unpaired) electrons. The van der Waals surface area contributed by atoms with Crippen molar-refractivity contribution in [3.8, 4) is 0 Å². The van der Waals surface area contributed by atoms with Crippen molar-refractivity contribution in [2.24, 2.45) is 0 Å². The van der Waals surface area contributed by atoms with Crippen molar-refractivity contribution in [2.75, 3.05) is 6.61 Å². The summed E-state index contributed by atoms with van der Waals surface area (Å²) in [5.41, 5.74) is 3.83. The Morgan fingerprint density at radius 3 is 1.52 bits per heavy atom. The molecule has 0 fully saturated rings. The Labute approximate surface area is 150 Å². The molecule has 0 spiro atoms. The third kappa shape index (κ3) is 5.02. The summed E-state index contributed by atoms with van der Waals surface area (Å²) in [6, 6.07) is 31.8. The van der Waals surface area contributed by atoms with E-state index in [4.69, 9.17) is 0 Å². The first-order valence-corrected chi connectivity index (χ1v) is 8.84. The molecule has 0 unspecified atom stereocenters. The normalized spacial score (nSPS) is 12.2. The van der Waals surface area contributed by atoms with Gasteiger partial charge in [0.05, 0.1) is 0 Å². The maximum Gasteiger partial charge on any atom is 0.0449 e. The van der Waals surface area contributed by atoms with E-state index < -0.39 is 0 Å². The third-order valence-electron chi connectivity index (χ3n) is 4.48. The molecule has 128 valence electrons. The number of aliphatic hydroxyl groups excluding tert-OH is 1. The van der Waals surface area contributed by atoms with Crippen molar-refractivity contribution in [1.29, 1.82) is 0 Å². The molecule has 0 aliphatic carbocycles. The van der Waals surface area contributed by atoms with Gasteiger partial charge in [-0.05, 0) is 23.1 Å². The van der Waals surface area contributed by atoms with Crippen molar-refractivity contribution < 1.29 is 5.11 Å². The van der Waals surface area contributed by atoms with Gasteiger partial charge in [0.15, 0.2) is 0 Å². The van der Waals surface area contributed by atoms with Crippen molar-refractivity contribution in [1.82, 2.24) is 4.90 Å². The highest BCUT2D eigenvalue weighted by Gasteiger charge is 2.20. The van der Waals surface area contributed by atoms with Crippen molar-refractivity contribution in [3.05, 3.63) is 108 Å². The molecule has 25 heavy (non-hydrogen) atoms. The molecule has 0 saturated heterocycles. The van der Waals surface area contributed by atoms with Crippen LogP contribution in [-0.2, 0) is 13.1 Å². The molecule has 0 heterocycles. The molecule has 3 rings (SSSR count). The Bertz CT molecular complexity index is 686. The van der Waals surface area contributed by atoms with Gasteiger partial charge in [-0.2, -0.15) is 0 Å². The van der Waals surface area contributed by atoms with Crippen LogP contribution in [0.15, 0.2) is 91.0 Å². The summed E-state index contributed by atoms with van der Waals surface area (Å²) in [5, 5.41) is 9.65. The van der Waals surface area contributed by atoms with E-state index in [1.807, 2.05) is 18.2 Å². The average molecular weight is 331 g/mol. The van der Waals surface area contributed by atoms with Gasteiger partial charge in [0.1, 0.15) is 0 Å². The minimum Gasteiger partial charge on any atom is -0.396 e. The molecule has 3 aromatic rings. The highest BCUT2D eigenvalue weighted by atomic mass is 16.3. The molecule has 0 amide bonds. The predicted molar refractivity (Wildman–Crippen MR) is 103 cm³/mol. The Kier molecular flexibility index (Phi) is 6.38. The highest BCUT2D eigenvalue weighted by molar-refractivity contribution is 5.22. The number of benzene rings is 3. The van der Waals surface area contributed by atoms with E-state index in [-0.39, 0.29) is 12.6 Å². The fraction of sp³-hybridized carbons (Fsp3) is 0.217. The summed E-state index contributed by atoms with van der Waals surface area (Å²) in [6.45, 7) is 1.89. The maximum absolute atomic E-state index is 9.65. The average Bonchev–Trinajstić information content (AvgIpc) is 2.68. The van der Waals surface area contributed by atoms with Crippen LogP contribution >= 0.6 is 0 Å². The Balaban J connectivity index is 1.89. The van der Waals surface area contributed by atoms with Gasteiger partial charge >= 0.3 is 0 Å². The summed E-state index contributed by atoms with van der Waals surface area (Å²) in [5.74, 6) is 0. The van der Waals surface area contributed by atoms with Gasteiger partial charge in [-0.25, -0.2) is 0 Å². The number of rotatable bonds is 8. The van der Waals surface area contributed by atoms with Crippen LogP contribution in [0.2, 0.25) is 0 Å². The smallest absolute Gasteiger partial charge is 0.0449 e. The zero-order valence-corrected chi connectivity index (χ0v) is 14.5. The molecule has 2 heteroatoms. The number of aliphatic hydroxyl groups is 1. The molecule has 0 aliphatic rings. The van der Waals surface area contributed by atoms with E-state index in [9.17, 15) is 5.11 Å². The lowest BCUT2D eigenvalue weighted by Gasteiger charge is -2.32. The van der Waals surface area contributed by atoms with E-state index in [0.717, 1.165) is 19.5 Å². The molecule has 2 nitrogen and oxygen atoms in total. The quantitative estimate of drug-likeness (QED) is 0.640. The Morgan fingerprint density at radius 1 is 0.640 bits per heavy atom. The van der Waals surface area contributed by atoms with Gasteiger partial charge in [0.2, 0.25) is 0 Å². The SMILES string of the molecule is OCC[C@@H](c1ccccc1)N(Cc1ccccc1)Cc1ccccc1. The second-order valence-electron chi connectivity index (χ2n) is 6.31. The lowest BCUT2D eigenvalue weighted by atomic mass is 10.0. The van der Waals surface area contributed by atoms with Gasteiger partial charge in [0, 0.05) is 25.7 Å². The summed E-state index contributed by atoms with van der Waals surface area (Å²) in [7, 11) is 0. The Morgan fingerprint density at radius 2 is 1.08 bits per heavy atom. The second kappa shape index (κ2) is 9.16. The van der Waals surface area contributed by atoms with Crippen LogP contribution in [0, 0.1) is 0 Å². The molecular formula is C23H25NO. The van der Waals surface area contributed by atoms with Gasteiger partial charge in [-0.1, -0.05) is 91.0 Å². The second-order valence-corrected chi connectivity index (χ2v) is 6.31. The molecule has 1 N–H and O–H groups in total. The Hall–Kier alpha value is -2.42. The first kappa shape index (κ1) is 17.4. The lowest BCUT2D eigenvalue weighted by molar-refractivity contribution is 0.142. The highest BCUT2D eigenvalue weighted by Crippen LogP contribution is 2.27. The van der Waals surface area contributed by atoms with E-state index in [1.54, 1.807) is 0 Å². The number of nitrogens with zero attached hydrogens (tertiary/aromatic N) is 1. The van der Waals surface area contributed by atoms with Crippen LogP contribution in [0.25, 0.3) is 0 Å². The third-order valence-corrected chi connectivity index (χ3v) is 4.48. The topological polar surface area (TPSA) is 23.5 Å². The monoisotopic (exact) mass is 331 g/mol. The zero-order valence-electron chi connectivity index (χ0n) is 14.5. The van der Waals surface area contributed by atoms with E-state index in [1.165, 1.54) is 16.7 Å². The summed E-state index contributed by atoms with van der Waals surface area (Å²) in [6.07, 6.45) is 0.726. The van der Waals surface area contributed by atoms with Crippen molar-refractivity contribution >= 4 is 0 Å². The van der Waals surface area contributed by atoms with Crippen LogP contribution in [-0.4, -0.2) is 16.6 Å². The lowest BCUT2D eigenvalue weighted by Crippen LogP contribution is -2.29. The number of hydrogen-bond donors (Lipinski definition) is 1. The largest absolute Gasteiger partial charge is 0.396 e. The first-order valence-electron chi connectivity index (χ1n) is 8.84. The summed E-state index contributed by atoms with van der Waals surface area (Å²) in [4.78, 5) is 2.45. The van der Waals surface area contributed by atoms with Crippen LogP contribution < -0.4 is 0 Å². The molecule has 0 saturated carbocycles. The molecular weight excluding hydrogens is 306 g/mol. The molecule has 1 atom stereocenters. The molecule has 3 aromatic carbocycles. The van der Waals surface area contributed by atoms with Gasteiger partial charge in [-0.3, -0.25) is 4.90 Å². The van der Waals surface area contributed by atoms with Crippen LogP contribution in [0.1, 0.15) is 29.2 Å². The van der Waals surface area contributed by atoms with Crippen molar-refractivity contribution in [2.45, 2.75) is 25.6 Å². The van der Waals surface area contributed by atoms with Crippen LogP contribution in [0.3, 0.4) is 0 Å². The first-order chi connectivity index (χ1) is 12.4. The van der Waals surface area contributed by atoms with E-state index in [2.05, 4.69) is 77.7 Å². The molecule has 0 aliphatic heterocycles. The minimum atomic E-state index is 0.180. The van der Waals surface area contributed by atoms with Crippen LogP contribution in [0.5, 0.6) is 0 Å². The maximum atomic E-state index is 9.65. The van der Waals surface area contributed by atoms with E-state index >= 15 is 0 Å². The minimum absolute atomic E-state index is 0.180. The standard InChI is InChI=1S/C23H25NO/c25-17-16-23(22-14-8-3-9-15-22)24(18-20-10-4-1-5-11-20)19-21-12-6-2-7-13-21/h1-15,23,25H,16-19H2/t23-/m0/s1. The van der Waals surface area contributed by atoms with E-state index in [0.29, 0.717) is 0 Å². The fourth-order valence-corrected chi connectivity index (χ4v) is 3.27.